The molecule has 0 fully saturated rings. The van der Waals surface area contributed by atoms with Crippen LogP contribution in [0.15, 0.2) is 42.5 Å². The Bertz CT molecular complexity index is 946. The second kappa shape index (κ2) is 12.1. The van der Waals surface area contributed by atoms with Crippen molar-refractivity contribution in [2.45, 2.75) is 52.6 Å². The van der Waals surface area contributed by atoms with Crippen LogP contribution in [0.25, 0.3) is 0 Å². The SMILES string of the molecule is CCOC(=O)c1ccc(NC(c2ccc(OC)cc2OC)P(=O)(OC(C)C)OC(C)C)cc1. The van der Waals surface area contributed by atoms with Crippen LogP contribution < -0.4 is 14.8 Å². The van der Waals surface area contributed by atoms with Gasteiger partial charge in [0, 0.05) is 17.3 Å². The Morgan fingerprint density at radius 1 is 0.939 bits per heavy atom. The molecule has 2 aromatic carbocycles. The van der Waals surface area contributed by atoms with Crippen LogP contribution in [0.4, 0.5) is 5.69 Å². The maximum atomic E-state index is 14.2. The number of benzene rings is 2. The van der Waals surface area contributed by atoms with E-state index < -0.39 is 19.3 Å². The number of nitrogens with one attached hydrogen (secondary N) is 1. The van der Waals surface area contributed by atoms with Gasteiger partial charge in [-0.05, 0) is 71.0 Å². The molecule has 8 nitrogen and oxygen atoms in total. The van der Waals surface area contributed by atoms with E-state index in [4.69, 9.17) is 23.3 Å². The predicted molar refractivity (Wildman–Crippen MR) is 128 cm³/mol. The molecule has 33 heavy (non-hydrogen) atoms. The fourth-order valence-electron chi connectivity index (χ4n) is 3.18. The fourth-order valence-corrected chi connectivity index (χ4v) is 5.51. The maximum Gasteiger partial charge on any atom is 0.357 e. The number of hydrogen-bond acceptors (Lipinski definition) is 8. The van der Waals surface area contributed by atoms with E-state index in [-0.39, 0.29) is 12.2 Å². The van der Waals surface area contributed by atoms with Gasteiger partial charge in [0.15, 0.2) is 5.78 Å². The monoisotopic (exact) mass is 479 g/mol. The highest BCUT2D eigenvalue weighted by molar-refractivity contribution is 7.54. The summed E-state index contributed by atoms with van der Waals surface area (Å²) in [5, 5.41) is 3.27. The minimum absolute atomic E-state index is 0.292. The molecule has 0 radical (unpaired) electrons. The first-order valence-corrected chi connectivity index (χ1v) is 12.5. The molecule has 2 rings (SSSR count). The topological polar surface area (TPSA) is 92.3 Å². The maximum absolute atomic E-state index is 14.2. The second-order valence-electron chi connectivity index (χ2n) is 7.80. The molecule has 0 heterocycles. The first kappa shape index (κ1) is 26.7. The Kier molecular flexibility index (Phi) is 9.77. The molecule has 0 saturated heterocycles. The van der Waals surface area contributed by atoms with E-state index in [1.165, 1.54) is 7.11 Å². The molecule has 0 saturated carbocycles. The fraction of sp³-hybridized carbons (Fsp3) is 0.458. The predicted octanol–water partition coefficient (Wildman–Crippen LogP) is 6.03. The molecule has 0 bridgehead atoms. The molecule has 0 aromatic heterocycles. The third kappa shape index (κ3) is 7.22. The molecule has 1 N–H and O–H groups in total. The number of carbonyl (C=O) groups excluding carboxylic acids is 1. The first-order chi connectivity index (χ1) is 15.6. The van der Waals surface area contributed by atoms with Crippen LogP contribution in [0.5, 0.6) is 11.5 Å². The van der Waals surface area contributed by atoms with Crippen molar-refractivity contribution in [3.63, 3.8) is 0 Å². The van der Waals surface area contributed by atoms with E-state index in [9.17, 15) is 9.36 Å². The van der Waals surface area contributed by atoms with Gasteiger partial charge in [0.25, 0.3) is 0 Å². The van der Waals surface area contributed by atoms with Crippen molar-refractivity contribution >= 4 is 19.3 Å². The average Bonchev–Trinajstić information content (AvgIpc) is 2.76. The summed E-state index contributed by atoms with van der Waals surface area (Å²) < 4.78 is 41.9. The third-order valence-corrected chi connectivity index (χ3v) is 6.94. The van der Waals surface area contributed by atoms with Crippen molar-refractivity contribution in [1.29, 1.82) is 0 Å². The lowest BCUT2D eigenvalue weighted by Gasteiger charge is -2.32. The Balaban J connectivity index is 2.55. The minimum Gasteiger partial charge on any atom is -0.497 e. The van der Waals surface area contributed by atoms with Crippen molar-refractivity contribution in [1.82, 2.24) is 0 Å². The molecule has 0 aliphatic rings. The van der Waals surface area contributed by atoms with Gasteiger partial charge < -0.3 is 28.6 Å². The number of carbonyl (C=O) groups is 1. The lowest BCUT2D eigenvalue weighted by molar-refractivity contribution is 0.0526. The van der Waals surface area contributed by atoms with Crippen molar-refractivity contribution in [2.24, 2.45) is 0 Å². The van der Waals surface area contributed by atoms with Crippen molar-refractivity contribution < 1.29 is 32.6 Å². The highest BCUT2D eigenvalue weighted by Gasteiger charge is 2.41. The smallest absolute Gasteiger partial charge is 0.357 e. The molecule has 9 heteroatoms. The van der Waals surface area contributed by atoms with Crippen LogP contribution in [0.3, 0.4) is 0 Å². The van der Waals surface area contributed by atoms with Crippen LogP contribution in [0.1, 0.15) is 56.3 Å². The summed E-state index contributed by atoms with van der Waals surface area (Å²) in [6.45, 7) is 9.24. The summed E-state index contributed by atoms with van der Waals surface area (Å²) in [4.78, 5) is 12.0. The van der Waals surface area contributed by atoms with E-state index in [0.29, 0.717) is 34.9 Å². The minimum atomic E-state index is -3.76. The third-order valence-electron chi connectivity index (χ3n) is 4.47. The summed E-state index contributed by atoms with van der Waals surface area (Å²) >= 11 is 0. The zero-order chi connectivity index (χ0) is 24.6. The largest absolute Gasteiger partial charge is 0.497 e. The Morgan fingerprint density at radius 3 is 2.03 bits per heavy atom. The Hall–Kier alpha value is -2.54. The van der Waals surface area contributed by atoms with Crippen LogP contribution in [-0.4, -0.2) is 39.0 Å². The van der Waals surface area contributed by atoms with Crippen molar-refractivity contribution in [3.05, 3.63) is 53.6 Å². The van der Waals surface area contributed by atoms with Crippen LogP contribution >= 0.6 is 7.60 Å². The van der Waals surface area contributed by atoms with Gasteiger partial charge in [-0.15, -0.1) is 0 Å². The van der Waals surface area contributed by atoms with Crippen molar-refractivity contribution in [2.75, 3.05) is 26.1 Å². The van der Waals surface area contributed by atoms with Crippen molar-refractivity contribution in [3.8, 4) is 11.5 Å². The van der Waals surface area contributed by atoms with Crippen LogP contribution in [0, 0.1) is 0 Å². The van der Waals surface area contributed by atoms with Gasteiger partial charge >= 0.3 is 13.6 Å². The van der Waals surface area contributed by atoms with Gasteiger partial charge in [-0.3, -0.25) is 4.57 Å². The van der Waals surface area contributed by atoms with E-state index in [1.54, 1.807) is 84.2 Å². The standard InChI is InChI=1S/C24H34NO7P/c1-8-30-24(26)18-9-11-19(12-10-18)25-23(33(27,31-16(2)3)32-17(4)5)21-14-13-20(28-6)15-22(21)29-7/h9-17,23,25H,8H2,1-7H3. The molecule has 0 spiro atoms. The van der Waals surface area contributed by atoms with E-state index in [0.717, 1.165) is 0 Å². The number of esters is 1. The van der Waals surface area contributed by atoms with Gasteiger partial charge in [-0.1, -0.05) is 0 Å². The quantitative estimate of drug-likeness (QED) is 0.291. The van der Waals surface area contributed by atoms with Crippen LogP contribution in [0.2, 0.25) is 0 Å². The number of rotatable bonds is 12. The van der Waals surface area contributed by atoms with E-state index in [1.807, 2.05) is 0 Å². The zero-order valence-electron chi connectivity index (χ0n) is 20.3. The van der Waals surface area contributed by atoms with Gasteiger partial charge in [-0.25, -0.2) is 4.79 Å². The van der Waals surface area contributed by atoms with Gasteiger partial charge in [0.1, 0.15) is 11.5 Å². The molecular formula is C24H34NO7P. The number of hydrogen-bond donors (Lipinski definition) is 1. The summed E-state index contributed by atoms with van der Waals surface area (Å²) in [6, 6.07) is 11.9. The zero-order valence-corrected chi connectivity index (χ0v) is 21.2. The van der Waals surface area contributed by atoms with Gasteiger partial charge in [-0.2, -0.15) is 0 Å². The Labute approximate surface area is 196 Å². The number of anilines is 1. The molecule has 1 unspecified atom stereocenters. The first-order valence-electron chi connectivity index (χ1n) is 10.9. The number of methoxy groups -OCH3 is 2. The second-order valence-corrected chi connectivity index (χ2v) is 9.82. The van der Waals surface area contributed by atoms with E-state index in [2.05, 4.69) is 5.32 Å². The lowest BCUT2D eigenvalue weighted by atomic mass is 10.1. The van der Waals surface area contributed by atoms with Crippen LogP contribution in [-0.2, 0) is 18.3 Å². The average molecular weight is 480 g/mol. The van der Waals surface area contributed by atoms with Gasteiger partial charge in [0.2, 0.25) is 0 Å². The van der Waals surface area contributed by atoms with E-state index >= 15 is 0 Å². The molecule has 1 atom stereocenters. The lowest BCUT2D eigenvalue weighted by Crippen LogP contribution is -2.20. The summed E-state index contributed by atoms with van der Waals surface area (Å²) in [7, 11) is -0.670. The molecule has 182 valence electrons. The molecule has 0 amide bonds. The Morgan fingerprint density at radius 2 is 1.55 bits per heavy atom. The molecular weight excluding hydrogens is 445 g/mol. The number of ether oxygens (including phenoxy) is 3. The molecule has 0 aliphatic carbocycles. The molecule has 0 aliphatic heterocycles. The van der Waals surface area contributed by atoms with Gasteiger partial charge in [0.05, 0.1) is 38.6 Å². The highest BCUT2D eigenvalue weighted by Crippen LogP contribution is 2.63. The summed E-state index contributed by atoms with van der Waals surface area (Å²) in [6.07, 6.45) is -0.705. The normalized spacial score (nSPS) is 12.5. The molecule has 2 aromatic rings. The highest BCUT2D eigenvalue weighted by atomic mass is 31.2. The summed E-state index contributed by atoms with van der Waals surface area (Å²) in [5.74, 6) is -0.238. The summed E-state index contributed by atoms with van der Waals surface area (Å²) in [5.41, 5.74) is 1.62.